The molecule has 2 N–H and O–H groups in total. The normalized spacial score (nSPS) is 11.0. The molecule has 3 aromatic rings. The van der Waals surface area contributed by atoms with E-state index in [9.17, 15) is 4.79 Å². The first-order valence-electron chi connectivity index (χ1n) is 7.63. The molecule has 0 unspecified atom stereocenters. The van der Waals surface area contributed by atoms with Crippen LogP contribution in [0.4, 0.5) is 0 Å². The van der Waals surface area contributed by atoms with Gasteiger partial charge in [0.25, 0.3) is 5.91 Å². The van der Waals surface area contributed by atoms with Gasteiger partial charge in [0.2, 0.25) is 0 Å². The Hall–Kier alpha value is -2.35. The lowest BCUT2D eigenvalue weighted by Gasteiger charge is -2.05. The van der Waals surface area contributed by atoms with Gasteiger partial charge in [-0.1, -0.05) is 0 Å². The van der Waals surface area contributed by atoms with Crippen LogP contribution in [-0.2, 0) is 6.54 Å². The van der Waals surface area contributed by atoms with Crippen LogP contribution in [-0.4, -0.2) is 32.4 Å². The summed E-state index contributed by atoms with van der Waals surface area (Å²) < 4.78 is 8.24. The fourth-order valence-electron chi connectivity index (χ4n) is 2.41. The van der Waals surface area contributed by atoms with E-state index < -0.39 is 0 Å². The zero-order chi connectivity index (χ0) is 17.1. The van der Waals surface area contributed by atoms with Crippen LogP contribution in [0, 0.1) is 13.8 Å². The Balaban J connectivity index is 1.50. The largest absolute Gasteiger partial charge is 0.463 e. The fraction of sp³-hybridized carbons (Fsp3) is 0.312. The third-order valence-corrected chi connectivity index (χ3v) is 4.87. The highest BCUT2D eigenvalue weighted by atomic mass is 79.9. The third-order valence-electron chi connectivity index (χ3n) is 3.72. The van der Waals surface area contributed by atoms with Gasteiger partial charge in [0, 0.05) is 24.8 Å². The molecule has 0 aromatic carbocycles. The SMILES string of the molecule is Cc1nn(CCCNC(=O)c2cc(-c3ccco3)[nH]n2)c(C)c1Br. The summed E-state index contributed by atoms with van der Waals surface area (Å²) in [7, 11) is 0. The van der Waals surface area contributed by atoms with E-state index in [1.54, 1.807) is 18.4 Å². The number of halogens is 1. The molecule has 126 valence electrons. The number of H-pyrrole nitrogens is 1. The Labute approximate surface area is 147 Å². The van der Waals surface area contributed by atoms with Crippen molar-refractivity contribution < 1.29 is 9.21 Å². The Morgan fingerprint density at radius 2 is 2.29 bits per heavy atom. The van der Waals surface area contributed by atoms with Gasteiger partial charge in [-0.05, 0) is 48.3 Å². The summed E-state index contributed by atoms with van der Waals surface area (Å²) in [6.07, 6.45) is 2.36. The smallest absolute Gasteiger partial charge is 0.271 e. The van der Waals surface area contributed by atoms with Crippen molar-refractivity contribution in [3.05, 3.63) is 46.0 Å². The lowest BCUT2D eigenvalue weighted by molar-refractivity contribution is 0.0947. The Morgan fingerprint density at radius 3 is 2.96 bits per heavy atom. The minimum atomic E-state index is -0.210. The van der Waals surface area contributed by atoms with Crippen molar-refractivity contribution in [3.8, 4) is 11.5 Å². The van der Waals surface area contributed by atoms with Gasteiger partial charge in [0.1, 0.15) is 5.69 Å². The van der Waals surface area contributed by atoms with Crippen LogP contribution in [0.25, 0.3) is 11.5 Å². The first-order chi connectivity index (χ1) is 11.6. The minimum Gasteiger partial charge on any atom is -0.463 e. The highest BCUT2D eigenvalue weighted by Gasteiger charge is 2.12. The van der Waals surface area contributed by atoms with Crippen LogP contribution in [0.1, 0.15) is 28.3 Å². The van der Waals surface area contributed by atoms with Crippen LogP contribution in [0.5, 0.6) is 0 Å². The van der Waals surface area contributed by atoms with Crippen LogP contribution < -0.4 is 5.32 Å². The Bertz CT molecular complexity index is 835. The molecule has 0 spiro atoms. The molecule has 0 saturated carbocycles. The van der Waals surface area contributed by atoms with Crippen molar-refractivity contribution in [2.75, 3.05) is 6.54 Å². The number of hydrogen-bond acceptors (Lipinski definition) is 4. The minimum absolute atomic E-state index is 0.210. The van der Waals surface area contributed by atoms with E-state index in [4.69, 9.17) is 4.42 Å². The molecule has 3 rings (SSSR count). The van der Waals surface area contributed by atoms with Crippen molar-refractivity contribution in [3.63, 3.8) is 0 Å². The number of amides is 1. The van der Waals surface area contributed by atoms with Gasteiger partial charge in [-0.3, -0.25) is 14.6 Å². The van der Waals surface area contributed by atoms with Gasteiger partial charge >= 0.3 is 0 Å². The Morgan fingerprint density at radius 1 is 1.46 bits per heavy atom. The summed E-state index contributed by atoms with van der Waals surface area (Å²) in [4.78, 5) is 12.1. The van der Waals surface area contributed by atoms with Crippen molar-refractivity contribution in [1.29, 1.82) is 0 Å². The monoisotopic (exact) mass is 391 g/mol. The number of nitrogens with zero attached hydrogens (tertiary/aromatic N) is 3. The number of rotatable bonds is 6. The molecular formula is C16H18BrN5O2. The van der Waals surface area contributed by atoms with E-state index in [1.807, 2.05) is 24.6 Å². The number of carbonyl (C=O) groups excluding carboxylic acids is 1. The molecule has 3 aromatic heterocycles. The quantitative estimate of drug-likeness (QED) is 0.631. The lowest BCUT2D eigenvalue weighted by Crippen LogP contribution is -2.25. The van der Waals surface area contributed by atoms with Crippen molar-refractivity contribution in [2.24, 2.45) is 0 Å². The first kappa shape index (κ1) is 16.5. The van der Waals surface area contributed by atoms with Crippen LogP contribution in [0.15, 0.2) is 33.4 Å². The van der Waals surface area contributed by atoms with Crippen LogP contribution >= 0.6 is 15.9 Å². The second-order valence-electron chi connectivity index (χ2n) is 5.46. The van der Waals surface area contributed by atoms with Gasteiger partial charge in [0.05, 0.1) is 16.4 Å². The van der Waals surface area contributed by atoms with E-state index in [2.05, 4.69) is 36.5 Å². The summed E-state index contributed by atoms with van der Waals surface area (Å²) >= 11 is 3.51. The van der Waals surface area contributed by atoms with Crippen molar-refractivity contribution in [1.82, 2.24) is 25.3 Å². The predicted octanol–water partition coefficient (Wildman–Crippen LogP) is 3.07. The van der Waals surface area contributed by atoms with E-state index >= 15 is 0 Å². The average molecular weight is 392 g/mol. The predicted molar refractivity (Wildman–Crippen MR) is 92.6 cm³/mol. The van der Waals surface area contributed by atoms with E-state index in [-0.39, 0.29) is 5.91 Å². The molecule has 8 heteroatoms. The summed E-state index contributed by atoms with van der Waals surface area (Å²) in [5.41, 5.74) is 3.08. The molecule has 24 heavy (non-hydrogen) atoms. The molecule has 0 saturated heterocycles. The number of aryl methyl sites for hydroxylation is 2. The molecule has 0 bridgehead atoms. The van der Waals surface area contributed by atoms with Crippen LogP contribution in [0.2, 0.25) is 0 Å². The maximum atomic E-state index is 12.1. The number of carbonyl (C=O) groups is 1. The lowest BCUT2D eigenvalue weighted by atomic mass is 10.3. The number of hydrogen-bond donors (Lipinski definition) is 2. The van der Waals surface area contributed by atoms with Crippen LogP contribution in [0.3, 0.4) is 0 Å². The second kappa shape index (κ2) is 7.04. The summed E-state index contributed by atoms with van der Waals surface area (Å²) in [6, 6.07) is 5.27. The molecule has 0 aliphatic carbocycles. The maximum absolute atomic E-state index is 12.1. The van der Waals surface area contributed by atoms with Crippen molar-refractivity contribution in [2.45, 2.75) is 26.8 Å². The summed E-state index contributed by atoms with van der Waals surface area (Å²) in [5.74, 6) is 0.440. The third kappa shape index (κ3) is 3.43. The molecule has 0 aliphatic heterocycles. The van der Waals surface area contributed by atoms with Crippen molar-refractivity contribution >= 4 is 21.8 Å². The molecule has 1 amide bonds. The van der Waals surface area contributed by atoms with E-state index in [0.29, 0.717) is 23.7 Å². The molecule has 0 aliphatic rings. The number of furan rings is 1. The Kier molecular flexibility index (Phi) is 4.84. The molecule has 0 fully saturated rings. The number of aromatic amines is 1. The van der Waals surface area contributed by atoms with Gasteiger partial charge in [-0.2, -0.15) is 10.2 Å². The van der Waals surface area contributed by atoms with Gasteiger partial charge in [0.15, 0.2) is 11.5 Å². The molecular weight excluding hydrogens is 374 g/mol. The first-order valence-corrected chi connectivity index (χ1v) is 8.42. The fourth-order valence-corrected chi connectivity index (χ4v) is 2.69. The maximum Gasteiger partial charge on any atom is 0.271 e. The zero-order valence-electron chi connectivity index (χ0n) is 13.5. The summed E-state index contributed by atoms with van der Waals surface area (Å²) in [6.45, 7) is 5.28. The van der Waals surface area contributed by atoms with Gasteiger partial charge < -0.3 is 9.73 Å². The standard InChI is InChI=1S/C16H18BrN5O2/c1-10-15(17)11(2)22(21-10)7-4-6-18-16(23)13-9-12(19-20-13)14-5-3-8-24-14/h3,5,8-9H,4,6-7H2,1-2H3,(H,18,23)(H,19,20). The second-order valence-corrected chi connectivity index (χ2v) is 6.25. The average Bonchev–Trinajstić information content (AvgIpc) is 3.29. The topological polar surface area (TPSA) is 88.7 Å². The van der Waals surface area contributed by atoms with E-state index in [0.717, 1.165) is 28.8 Å². The molecule has 7 nitrogen and oxygen atoms in total. The van der Waals surface area contributed by atoms with E-state index in [1.165, 1.54) is 0 Å². The van der Waals surface area contributed by atoms with Gasteiger partial charge in [-0.25, -0.2) is 0 Å². The highest BCUT2D eigenvalue weighted by molar-refractivity contribution is 9.10. The zero-order valence-corrected chi connectivity index (χ0v) is 15.1. The summed E-state index contributed by atoms with van der Waals surface area (Å²) in [5, 5.41) is 14.1. The van der Waals surface area contributed by atoms with Gasteiger partial charge in [-0.15, -0.1) is 0 Å². The molecule has 0 radical (unpaired) electrons. The highest BCUT2D eigenvalue weighted by Crippen LogP contribution is 2.20. The molecule has 0 atom stereocenters. The number of nitrogens with one attached hydrogen (secondary N) is 2. The molecule has 3 heterocycles. The number of aromatic nitrogens is 4.